The average molecular weight is 446 g/mol. The van der Waals surface area contributed by atoms with Crippen LogP contribution in [-0.2, 0) is 24.2 Å². The standard InChI is InChI=1S/C27H27NO3S/c1-4-20-6-5-7-23-25(20)32-24(15-19-9-12-21(13-10-19)27(30)31)26(29)28(23)16-22-11-8-17(2)14-18(22)3/h5-14,24H,4,15-16H2,1-3H3,(H,30,31). The number of aromatic carboxylic acids is 1. The monoisotopic (exact) mass is 445 g/mol. The number of nitrogens with zero attached hydrogens (tertiary/aromatic N) is 1. The van der Waals surface area contributed by atoms with Crippen molar-refractivity contribution in [3.8, 4) is 0 Å². The highest BCUT2D eigenvalue weighted by Gasteiger charge is 2.34. The van der Waals surface area contributed by atoms with Crippen LogP contribution in [0.5, 0.6) is 0 Å². The molecule has 32 heavy (non-hydrogen) atoms. The quantitative estimate of drug-likeness (QED) is 0.520. The molecule has 1 aliphatic heterocycles. The number of amides is 1. The van der Waals surface area contributed by atoms with Gasteiger partial charge in [0.05, 0.1) is 23.0 Å². The number of carboxylic acids is 1. The van der Waals surface area contributed by atoms with E-state index in [0.717, 1.165) is 23.2 Å². The van der Waals surface area contributed by atoms with Crippen molar-refractivity contribution in [3.63, 3.8) is 0 Å². The fraction of sp³-hybridized carbons (Fsp3) is 0.259. The summed E-state index contributed by atoms with van der Waals surface area (Å²) in [5.74, 6) is -0.848. The molecular weight excluding hydrogens is 418 g/mol. The minimum absolute atomic E-state index is 0.0954. The van der Waals surface area contributed by atoms with Crippen molar-refractivity contribution in [2.24, 2.45) is 0 Å². The Balaban J connectivity index is 1.69. The Morgan fingerprint density at radius 3 is 2.44 bits per heavy atom. The number of aryl methyl sites for hydroxylation is 3. The summed E-state index contributed by atoms with van der Waals surface area (Å²) in [4.78, 5) is 27.9. The summed E-state index contributed by atoms with van der Waals surface area (Å²) < 4.78 is 0. The average Bonchev–Trinajstić information content (AvgIpc) is 2.78. The molecule has 0 radical (unpaired) electrons. The Morgan fingerprint density at radius 2 is 1.78 bits per heavy atom. The molecule has 3 aromatic carbocycles. The number of carbonyl (C=O) groups excluding carboxylic acids is 1. The van der Waals surface area contributed by atoms with E-state index in [1.165, 1.54) is 21.6 Å². The van der Waals surface area contributed by atoms with Crippen LogP contribution in [0, 0.1) is 13.8 Å². The van der Waals surface area contributed by atoms with Crippen molar-refractivity contribution in [1.29, 1.82) is 0 Å². The molecule has 0 saturated carbocycles. The van der Waals surface area contributed by atoms with Crippen LogP contribution < -0.4 is 4.90 Å². The molecule has 4 rings (SSSR count). The van der Waals surface area contributed by atoms with Crippen molar-refractivity contribution in [2.45, 2.75) is 50.3 Å². The van der Waals surface area contributed by atoms with E-state index in [1.54, 1.807) is 23.9 Å². The molecule has 0 bridgehead atoms. The van der Waals surface area contributed by atoms with Crippen LogP contribution in [0.25, 0.3) is 0 Å². The van der Waals surface area contributed by atoms with E-state index < -0.39 is 5.97 Å². The predicted octanol–water partition coefficient (Wildman–Crippen LogP) is 5.81. The minimum Gasteiger partial charge on any atom is -0.478 e. The zero-order valence-corrected chi connectivity index (χ0v) is 19.4. The normalized spacial score (nSPS) is 15.5. The maximum absolute atomic E-state index is 13.7. The third-order valence-electron chi connectivity index (χ3n) is 6.00. The summed E-state index contributed by atoms with van der Waals surface area (Å²) in [6.45, 7) is 6.85. The lowest BCUT2D eigenvalue weighted by atomic mass is 10.0. The van der Waals surface area contributed by atoms with Crippen LogP contribution in [0.1, 0.15) is 45.1 Å². The summed E-state index contributed by atoms with van der Waals surface area (Å²) in [6, 6.07) is 19.4. The Bertz CT molecular complexity index is 1170. The van der Waals surface area contributed by atoms with E-state index in [2.05, 4.69) is 45.0 Å². The molecular formula is C27H27NO3S. The first kappa shape index (κ1) is 22.2. The molecule has 5 heteroatoms. The number of benzene rings is 3. The molecule has 0 fully saturated rings. The lowest BCUT2D eigenvalue weighted by molar-refractivity contribution is -0.118. The van der Waals surface area contributed by atoms with Gasteiger partial charge in [0, 0.05) is 4.90 Å². The fourth-order valence-corrected chi connectivity index (χ4v) is 5.62. The van der Waals surface area contributed by atoms with Gasteiger partial charge in [0.25, 0.3) is 0 Å². The number of carbonyl (C=O) groups is 2. The summed E-state index contributed by atoms with van der Waals surface area (Å²) in [6.07, 6.45) is 1.46. The summed E-state index contributed by atoms with van der Waals surface area (Å²) >= 11 is 1.64. The lowest BCUT2D eigenvalue weighted by Gasteiger charge is -2.35. The first-order valence-corrected chi connectivity index (χ1v) is 11.7. The molecule has 1 unspecified atom stereocenters. The number of thioether (sulfide) groups is 1. The Kier molecular flexibility index (Phi) is 6.38. The van der Waals surface area contributed by atoms with Crippen LogP contribution in [-0.4, -0.2) is 22.2 Å². The molecule has 1 atom stereocenters. The van der Waals surface area contributed by atoms with Gasteiger partial charge in [0.2, 0.25) is 5.91 Å². The SMILES string of the molecule is CCc1cccc2c1SC(Cc1ccc(C(=O)O)cc1)C(=O)N2Cc1ccc(C)cc1C. The summed E-state index contributed by atoms with van der Waals surface area (Å²) in [5, 5.41) is 8.90. The molecule has 1 aliphatic rings. The number of rotatable bonds is 6. The van der Waals surface area contributed by atoms with Crippen molar-refractivity contribution in [3.05, 3.63) is 94.0 Å². The van der Waals surface area contributed by atoms with Crippen LogP contribution in [0.3, 0.4) is 0 Å². The lowest BCUT2D eigenvalue weighted by Crippen LogP contribution is -2.41. The van der Waals surface area contributed by atoms with Crippen molar-refractivity contribution in [2.75, 3.05) is 4.90 Å². The van der Waals surface area contributed by atoms with Crippen LogP contribution in [0.2, 0.25) is 0 Å². The number of carboxylic acid groups (broad SMARTS) is 1. The van der Waals surface area contributed by atoms with E-state index in [-0.39, 0.29) is 16.7 Å². The van der Waals surface area contributed by atoms with Gasteiger partial charge in [-0.25, -0.2) is 4.79 Å². The molecule has 0 aromatic heterocycles. The van der Waals surface area contributed by atoms with E-state index in [0.29, 0.717) is 13.0 Å². The van der Waals surface area contributed by atoms with Crippen molar-refractivity contribution < 1.29 is 14.7 Å². The molecule has 0 aliphatic carbocycles. The Hall–Kier alpha value is -3.05. The molecule has 1 amide bonds. The molecule has 3 aromatic rings. The van der Waals surface area contributed by atoms with E-state index in [4.69, 9.17) is 5.11 Å². The largest absolute Gasteiger partial charge is 0.478 e. The second kappa shape index (κ2) is 9.21. The van der Waals surface area contributed by atoms with Gasteiger partial charge in [0.1, 0.15) is 0 Å². The summed E-state index contributed by atoms with van der Waals surface area (Å²) in [7, 11) is 0. The minimum atomic E-state index is -0.944. The Morgan fingerprint density at radius 1 is 1.03 bits per heavy atom. The number of fused-ring (bicyclic) bond motifs is 1. The van der Waals surface area contributed by atoms with Crippen molar-refractivity contribution >= 4 is 29.3 Å². The number of hydrogen-bond acceptors (Lipinski definition) is 3. The zero-order valence-electron chi connectivity index (χ0n) is 18.6. The summed E-state index contributed by atoms with van der Waals surface area (Å²) in [5.41, 5.74) is 6.99. The maximum atomic E-state index is 13.7. The van der Waals surface area contributed by atoms with Gasteiger partial charge >= 0.3 is 5.97 Å². The highest BCUT2D eigenvalue weighted by atomic mass is 32.2. The maximum Gasteiger partial charge on any atom is 0.335 e. The van der Waals surface area contributed by atoms with Gasteiger partial charge in [-0.05, 0) is 67.1 Å². The van der Waals surface area contributed by atoms with Gasteiger partial charge in [-0.2, -0.15) is 0 Å². The zero-order chi connectivity index (χ0) is 22.8. The van der Waals surface area contributed by atoms with E-state index >= 15 is 0 Å². The van der Waals surface area contributed by atoms with Gasteiger partial charge in [0.15, 0.2) is 0 Å². The molecule has 0 spiro atoms. The third kappa shape index (κ3) is 4.44. The highest BCUT2D eigenvalue weighted by molar-refractivity contribution is 8.01. The van der Waals surface area contributed by atoms with Crippen LogP contribution in [0.15, 0.2) is 65.6 Å². The molecule has 1 N–H and O–H groups in total. The van der Waals surface area contributed by atoms with E-state index in [1.807, 2.05) is 29.2 Å². The third-order valence-corrected chi connectivity index (χ3v) is 7.36. The van der Waals surface area contributed by atoms with E-state index in [9.17, 15) is 9.59 Å². The smallest absolute Gasteiger partial charge is 0.335 e. The van der Waals surface area contributed by atoms with Gasteiger partial charge in [-0.1, -0.05) is 55.0 Å². The molecule has 164 valence electrons. The fourth-order valence-electron chi connectivity index (χ4n) is 4.17. The number of anilines is 1. The van der Waals surface area contributed by atoms with Gasteiger partial charge in [-0.15, -0.1) is 11.8 Å². The predicted molar refractivity (Wildman–Crippen MR) is 130 cm³/mol. The molecule has 1 heterocycles. The van der Waals surface area contributed by atoms with Crippen molar-refractivity contribution in [1.82, 2.24) is 0 Å². The first-order chi connectivity index (χ1) is 15.4. The van der Waals surface area contributed by atoms with Crippen LogP contribution >= 0.6 is 11.8 Å². The molecule has 4 nitrogen and oxygen atoms in total. The van der Waals surface area contributed by atoms with Gasteiger partial charge < -0.3 is 10.0 Å². The number of hydrogen-bond donors (Lipinski definition) is 1. The molecule has 0 saturated heterocycles. The second-order valence-corrected chi connectivity index (χ2v) is 9.50. The second-order valence-electron chi connectivity index (χ2n) is 8.29. The highest BCUT2D eigenvalue weighted by Crippen LogP contribution is 2.43. The van der Waals surface area contributed by atoms with Gasteiger partial charge in [-0.3, -0.25) is 4.79 Å². The van der Waals surface area contributed by atoms with Crippen LogP contribution in [0.4, 0.5) is 5.69 Å². The Labute approximate surface area is 193 Å². The topological polar surface area (TPSA) is 57.6 Å². The first-order valence-electron chi connectivity index (χ1n) is 10.9.